The highest BCUT2D eigenvalue weighted by Gasteiger charge is 2.13. The lowest BCUT2D eigenvalue weighted by molar-refractivity contribution is 1.57. The Balaban J connectivity index is 1.54. The second-order valence-electron chi connectivity index (χ2n) is 7.91. The molecule has 0 aliphatic heterocycles. The highest BCUT2D eigenvalue weighted by atomic mass is 32.1. The molecule has 7 aromatic rings. The van der Waals surface area contributed by atoms with Crippen molar-refractivity contribution in [2.75, 3.05) is 0 Å². The molecule has 0 aliphatic carbocycles. The van der Waals surface area contributed by atoms with Crippen LogP contribution in [0.3, 0.4) is 0 Å². The van der Waals surface area contributed by atoms with Gasteiger partial charge in [-0.15, -0.1) is 11.3 Å². The van der Waals surface area contributed by atoms with Gasteiger partial charge in [-0.3, -0.25) is 0 Å². The topological polar surface area (TPSA) is 15.8 Å². The maximum atomic E-state index is 3.69. The van der Waals surface area contributed by atoms with Crippen molar-refractivity contribution < 1.29 is 0 Å². The fourth-order valence-electron chi connectivity index (χ4n) is 4.73. The fourth-order valence-corrected chi connectivity index (χ4v) is 5.83. The van der Waals surface area contributed by atoms with Crippen LogP contribution in [0.1, 0.15) is 0 Å². The van der Waals surface area contributed by atoms with E-state index < -0.39 is 0 Å². The van der Waals surface area contributed by atoms with E-state index in [1.807, 2.05) is 11.3 Å². The van der Waals surface area contributed by atoms with Crippen LogP contribution in [0.2, 0.25) is 0 Å². The van der Waals surface area contributed by atoms with Gasteiger partial charge in [0.25, 0.3) is 0 Å². The molecule has 0 amide bonds. The van der Waals surface area contributed by atoms with E-state index in [-0.39, 0.29) is 0 Å². The number of rotatable bonds is 1. The Morgan fingerprint density at radius 3 is 2.27 bits per heavy atom. The van der Waals surface area contributed by atoms with Crippen LogP contribution in [0.5, 0.6) is 0 Å². The Bertz CT molecular complexity index is 1750. The summed E-state index contributed by atoms with van der Waals surface area (Å²) in [6, 6.07) is 35.3. The lowest BCUT2D eigenvalue weighted by Gasteiger charge is -2.05. The first-order valence-electron chi connectivity index (χ1n) is 10.2. The van der Waals surface area contributed by atoms with E-state index in [0.29, 0.717) is 0 Å². The van der Waals surface area contributed by atoms with Crippen molar-refractivity contribution in [1.82, 2.24) is 4.98 Å². The van der Waals surface area contributed by atoms with Crippen LogP contribution in [0.4, 0.5) is 0 Å². The lowest BCUT2D eigenvalue weighted by Crippen LogP contribution is -1.79. The molecule has 7 rings (SSSR count). The largest absolute Gasteiger partial charge is 0.354 e. The number of H-pyrrole nitrogens is 1. The summed E-state index contributed by atoms with van der Waals surface area (Å²) in [6.45, 7) is 0. The Labute approximate surface area is 177 Å². The maximum Gasteiger partial charge on any atom is 0.0559 e. The molecule has 0 saturated carbocycles. The minimum absolute atomic E-state index is 1.20. The third-order valence-corrected chi connectivity index (χ3v) is 7.33. The molecule has 0 aliphatic rings. The molecule has 0 radical (unpaired) electrons. The van der Waals surface area contributed by atoms with Gasteiger partial charge < -0.3 is 4.98 Å². The monoisotopic (exact) mass is 399 g/mol. The molecule has 2 aromatic heterocycles. The number of aromatic nitrogens is 1. The Morgan fingerprint density at radius 1 is 0.533 bits per heavy atom. The lowest BCUT2D eigenvalue weighted by atomic mass is 9.99. The van der Waals surface area contributed by atoms with Crippen LogP contribution in [0.15, 0.2) is 97.1 Å². The van der Waals surface area contributed by atoms with E-state index in [4.69, 9.17) is 0 Å². The van der Waals surface area contributed by atoms with Gasteiger partial charge >= 0.3 is 0 Å². The van der Waals surface area contributed by atoms with E-state index >= 15 is 0 Å². The number of nitrogens with one attached hydrogen (secondary N) is 1. The van der Waals surface area contributed by atoms with Gasteiger partial charge in [0.15, 0.2) is 0 Å². The highest BCUT2D eigenvalue weighted by molar-refractivity contribution is 7.26. The Morgan fingerprint density at radius 2 is 1.30 bits per heavy atom. The molecule has 5 aromatic carbocycles. The van der Waals surface area contributed by atoms with Gasteiger partial charge in [0.1, 0.15) is 0 Å². The van der Waals surface area contributed by atoms with Crippen LogP contribution >= 0.6 is 11.3 Å². The average molecular weight is 400 g/mol. The predicted octanol–water partition coefficient (Wildman–Crippen LogP) is 8.51. The van der Waals surface area contributed by atoms with E-state index in [1.165, 1.54) is 63.9 Å². The second-order valence-corrected chi connectivity index (χ2v) is 8.99. The first-order valence-corrected chi connectivity index (χ1v) is 11.0. The molecule has 0 saturated heterocycles. The molecule has 0 unspecified atom stereocenters. The number of para-hydroxylation sites is 1. The van der Waals surface area contributed by atoms with Crippen molar-refractivity contribution in [2.45, 2.75) is 0 Å². The summed E-state index contributed by atoms with van der Waals surface area (Å²) in [5.74, 6) is 0. The summed E-state index contributed by atoms with van der Waals surface area (Å²) < 4.78 is 2.67. The van der Waals surface area contributed by atoms with Crippen molar-refractivity contribution in [1.29, 1.82) is 0 Å². The summed E-state index contributed by atoms with van der Waals surface area (Å²) in [6.07, 6.45) is 0. The fraction of sp³-hybridized carbons (Fsp3) is 0. The van der Waals surface area contributed by atoms with E-state index in [1.54, 1.807) is 0 Å². The van der Waals surface area contributed by atoms with E-state index in [2.05, 4.69) is 102 Å². The first-order chi connectivity index (χ1) is 14.8. The first kappa shape index (κ1) is 16.2. The third-order valence-electron chi connectivity index (χ3n) is 6.20. The smallest absolute Gasteiger partial charge is 0.0559 e. The summed E-state index contributed by atoms with van der Waals surface area (Å²) in [7, 11) is 0. The number of benzene rings is 5. The van der Waals surface area contributed by atoms with Crippen molar-refractivity contribution in [3.63, 3.8) is 0 Å². The number of hydrogen-bond donors (Lipinski definition) is 1. The number of aromatic amines is 1. The zero-order valence-corrected chi connectivity index (χ0v) is 17.0. The van der Waals surface area contributed by atoms with Crippen LogP contribution < -0.4 is 0 Å². The minimum atomic E-state index is 1.20. The van der Waals surface area contributed by atoms with Gasteiger partial charge in [0.2, 0.25) is 0 Å². The average Bonchev–Trinajstić information content (AvgIpc) is 3.36. The number of fused-ring (bicyclic) bond motifs is 8. The molecule has 2 heterocycles. The quantitative estimate of drug-likeness (QED) is 0.285. The van der Waals surface area contributed by atoms with Gasteiger partial charge in [-0.1, -0.05) is 66.7 Å². The van der Waals surface area contributed by atoms with Gasteiger partial charge in [-0.2, -0.15) is 0 Å². The molecule has 1 N–H and O–H groups in total. The van der Waals surface area contributed by atoms with Crippen molar-refractivity contribution in [3.05, 3.63) is 97.1 Å². The van der Waals surface area contributed by atoms with Crippen molar-refractivity contribution in [3.8, 4) is 11.1 Å². The summed E-state index contributed by atoms with van der Waals surface area (Å²) in [4.78, 5) is 3.69. The zero-order valence-electron chi connectivity index (χ0n) is 16.1. The SMILES string of the molecule is c1ccc2cc(-c3ccc4sc5ccc6c7ccccc7[nH]c6c5c4c3)ccc2c1. The summed E-state index contributed by atoms with van der Waals surface area (Å²) in [5.41, 5.74) is 4.97. The molecule has 1 nitrogen and oxygen atoms in total. The molecular formula is C28H17NS. The minimum Gasteiger partial charge on any atom is -0.354 e. The van der Waals surface area contributed by atoms with Crippen molar-refractivity contribution in [2.24, 2.45) is 0 Å². The van der Waals surface area contributed by atoms with Crippen LogP contribution in [0, 0.1) is 0 Å². The highest BCUT2D eigenvalue weighted by Crippen LogP contribution is 2.41. The molecule has 30 heavy (non-hydrogen) atoms. The Hall–Kier alpha value is -3.62. The Kier molecular flexibility index (Phi) is 3.21. The number of thiophene rings is 1. The molecule has 0 spiro atoms. The summed E-state index contributed by atoms with van der Waals surface area (Å²) in [5, 5.41) is 7.82. The molecule has 0 atom stereocenters. The second kappa shape index (κ2) is 5.94. The molecule has 2 heteroatoms. The molecular weight excluding hydrogens is 382 g/mol. The third kappa shape index (κ3) is 2.23. The predicted molar refractivity (Wildman–Crippen MR) is 132 cm³/mol. The van der Waals surface area contributed by atoms with Gasteiger partial charge in [-0.05, 0) is 52.2 Å². The molecule has 140 valence electrons. The van der Waals surface area contributed by atoms with Gasteiger partial charge in [0, 0.05) is 36.5 Å². The summed E-state index contributed by atoms with van der Waals surface area (Å²) >= 11 is 1.87. The molecule has 0 fully saturated rings. The van der Waals surface area contributed by atoms with Crippen molar-refractivity contribution >= 4 is 64.1 Å². The van der Waals surface area contributed by atoms with Crippen LogP contribution in [-0.4, -0.2) is 4.98 Å². The normalized spacial score (nSPS) is 12.0. The van der Waals surface area contributed by atoms with E-state index in [0.717, 1.165) is 0 Å². The van der Waals surface area contributed by atoms with E-state index in [9.17, 15) is 0 Å². The standard InChI is InChI=1S/C28H17NS/c1-2-6-18-15-19(10-9-17(18)5-1)20-11-13-25-23(16-20)27-26(30-25)14-12-22-21-7-3-4-8-24(21)29-28(22)27/h1-16,29H. The number of hydrogen-bond acceptors (Lipinski definition) is 1. The maximum absolute atomic E-state index is 3.69. The van der Waals surface area contributed by atoms with Crippen LogP contribution in [-0.2, 0) is 0 Å². The zero-order chi connectivity index (χ0) is 19.7. The van der Waals surface area contributed by atoms with Crippen LogP contribution in [0.25, 0.3) is 63.9 Å². The van der Waals surface area contributed by atoms with Gasteiger partial charge in [0.05, 0.1) is 5.52 Å². The van der Waals surface area contributed by atoms with Gasteiger partial charge in [-0.25, -0.2) is 0 Å². The molecule has 0 bridgehead atoms.